The molecule has 0 aliphatic carbocycles. The molecular weight excluding hydrogens is 310 g/mol. The van der Waals surface area contributed by atoms with Crippen LogP contribution >= 0.6 is 0 Å². The van der Waals surface area contributed by atoms with E-state index in [4.69, 9.17) is 4.74 Å². The summed E-state index contributed by atoms with van der Waals surface area (Å²) in [6.45, 7) is 4.00. The minimum Gasteiger partial charge on any atom is -0.497 e. The zero-order chi connectivity index (χ0) is 16.7. The van der Waals surface area contributed by atoms with Gasteiger partial charge in [-0.2, -0.15) is 0 Å². The molecule has 0 saturated carbocycles. The molecule has 1 aliphatic heterocycles. The fraction of sp³-hybridized carbons (Fsp3) is 0.667. The van der Waals surface area contributed by atoms with E-state index >= 15 is 0 Å². The Morgan fingerprint density at radius 1 is 1.17 bits per heavy atom. The molecule has 1 unspecified atom stereocenters. The molecule has 0 bridgehead atoms. The largest absolute Gasteiger partial charge is 0.497 e. The maximum absolute atomic E-state index is 11.8. The van der Waals surface area contributed by atoms with Gasteiger partial charge in [0.05, 0.1) is 18.6 Å². The third kappa shape index (κ3) is 5.81. The minimum absolute atomic E-state index is 0.170. The van der Waals surface area contributed by atoms with Crippen LogP contribution in [0.4, 0.5) is 0 Å². The van der Waals surface area contributed by atoms with E-state index in [1.165, 1.54) is 24.8 Å². The first-order chi connectivity index (χ1) is 11.0. The molecule has 0 amide bonds. The summed E-state index contributed by atoms with van der Waals surface area (Å²) in [6.07, 6.45) is 5.59. The van der Waals surface area contributed by atoms with Gasteiger partial charge in [0.25, 0.3) is 0 Å². The fourth-order valence-electron chi connectivity index (χ4n) is 3.16. The fourth-order valence-corrected chi connectivity index (χ4v) is 4.92. The zero-order valence-electron chi connectivity index (χ0n) is 14.3. The van der Waals surface area contributed by atoms with Crippen LogP contribution < -0.4 is 4.74 Å². The second kappa shape index (κ2) is 8.69. The number of benzene rings is 1. The number of methoxy groups -OCH3 is 1. The molecule has 1 saturated heterocycles. The van der Waals surface area contributed by atoms with Crippen LogP contribution in [0.2, 0.25) is 0 Å². The van der Waals surface area contributed by atoms with Crippen molar-refractivity contribution in [3.8, 4) is 5.75 Å². The Hall–Kier alpha value is -1.07. The van der Waals surface area contributed by atoms with Crippen LogP contribution in [-0.4, -0.2) is 44.5 Å². The third-order valence-electron chi connectivity index (χ3n) is 4.57. The Bertz CT molecular complexity index is 568. The van der Waals surface area contributed by atoms with Gasteiger partial charge in [-0.25, -0.2) is 8.42 Å². The van der Waals surface area contributed by atoms with E-state index in [2.05, 4.69) is 24.0 Å². The van der Waals surface area contributed by atoms with Crippen molar-refractivity contribution in [2.75, 3.05) is 25.2 Å². The number of rotatable bonds is 9. The molecule has 1 atom stereocenters. The van der Waals surface area contributed by atoms with E-state index in [1.54, 1.807) is 7.11 Å². The van der Waals surface area contributed by atoms with Crippen molar-refractivity contribution >= 4 is 9.84 Å². The third-order valence-corrected chi connectivity index (χ3v) is 6.32. The minimum atomic E-state index is -2.84. The van der Waals surface area contributed by atoms with Crippen LogP contribution in [0, 0.1) is 0 Å². The quantitative estimate of drug-likeness (QED) is 0.648. The van der Waals surface area contributed by atoms with Gasteiger partial charge in [-0.3, -0.25) is 4.90 Å². The van der Waals surface area contributed by atoms with Crippen molar-refractivity contribution in [1.82, 2.24) is 4.90 Å². The summed E-state index contributed by atoms with van der Waals surface area (Å²) >= 11 is 0. The first-order valence-corrected chi connectivity index (χ1v) is 10.4. The summed E-state index contributed by atoms with van der Waals surface area (Å²) in [6, 6.07) is 8.25. The van der Waals surface area contributed by atoms with E-state index in [9.17, 15) is 8.42 Å². The van der Waals surface area contributed by atoms with E-state index in [0.29, 0.717) is 11.5 Å². The van der Waals surface area contributed by atoms with Gasteiger partial charge < -0.3 is 4.74 Å². The van der Waals surface area contributed by atoms with Crippen LogP contribution in [-0.2, 0) is 16.4 Å². The molecule has 0 aromatic heterocycles. The number of hydrogen-bond acceptors (Lipinski definition) is 4. The van der Waals surface area contributed by atoms with Crippen molar-refractivity contribution in [3.63, 3.8) is 0 Å². The maximum atomic E-state index is 11.8. The lowest BCUT2D eigenvalue weighted by atomic mass is 10.1. The molecule has 0 N–H and O–H groups in total. The highest BCUT2D eigenvalue weighted by atomic mass is 32.2. The summed E-state index contributed by atoms with van der Waals surface area (Å²) in [5.41, 5.74) is 1.21. The predicted octanol–water partition coefficient (Wildman–Crippen LogP) is 3.26. The van der Waals surface area contributed by atoms with Crippen LogP contribution in [0.5, 0.6) is 5.75 Å². The summed E-state index contributed by atoms with van der Waals surface area (Å²) in [7, 11) is -1.18. The highest BCUT2D eigenvalue weighted by molar-refractivity contribution is 7.91. The van der Waals surface area contributed by atoms with E-state index in [-0.39, 0.29) is 6.04 Å². The number of nitrogens with zero attached hydrogens (tertiary/aromatic N) is 1. The molecule has 2 rings (SSSR count). The Morgan fingerprint density at radius 3 is 2.48 bits per heavy atom. The molecule has 1 heterocycles. The highest BCUT2D eigenvalue weighted by Crippen LogP contribution is 2.22. The van der Waals surface area contributed by atoms with Gasteiger partial charge in [-0.15, -0.1) is 0 Å². The molecule has 23 heavy (non-hydrogen) atoms. The molecule has 1 aromatic rings. The number of unbranched alkanes of at least 4 members (excludes halogenated alkanes) is 3. The second-order valence-electron chi connectivity index (χ2n) is 6.44. The zero-order valence-corrected chi connectivity index (χ0v) is 15.1. The summed E-state index contributed by atoms with van der Waals surface area (Å²) in [5.74, 6) is 1.51. The van der Waals surface area contributed by atoms with Crippen LogP contribution in [0.25, 0.3) is 0 Å². The molecule has 130 valence electrons. The van der Waals surface area contributed by atoms with Gasteiger partial charge in [0, 0.05) is 12.6 Å². The van der Waals surface area contributed by atoms with E-state index in [1.807, 2.05) is 12.1 Å². The molecule has 0 radical (unpaired) electrons. The lowest BCUT2D eigenvalue weighted by Gasteiger charge is -2.28. The normalized spacial score (nSPS) is 20.0. The number of ether oxygens (including phenoxy) is 1. The Kier molecular flexibility index (Phi) is 6.90. The van der Waals surface area contributed by atoms with Gasteiger partial charge >= 0.3 is 0 Å². The SMILES string of the molecule is CCCCCCN(Cc1ccc(OC)cc1)C1CCS(=O)(=O)C1. The molecule has 1 fully saturated rings. The van der Waals surface area contributed by atoms with Crippen LogP contribution in [0.3, 0.4) is 0 Å². The Morgan fingerprint density at radius 2 is 1.91 bits per heavy atom. The molecule has 0 spiro atoms. The van der Waals surface area contributed by atoms with Gasteiger partial charge in [0.1, 0.15) is 5.75 Å². The summed E-state index contributed by atoms with van der Waals surface area (Å²) in [5, 5.41) is 0. The molecular formula is C18H29NO3S. The smallest absolute Gasteiger partial charge is 0.151 e. The van der Waals surface area contributed by atoms with Crippen molar-refractivity contribution in [2.45, 2.75) is 51.6 Å². The second-order valence-corrected chi connectivity index (χ2v) is 8.66. The van der Waals surface area contributed by atoms with Gasteiger partial charge in [0.2, 0.25) is 0 Å². The average molecular weight is 340 g/mol. The van der Waals surface area contributed by atoms with Gasteiger partial charge in [-0.05, 0) is 37.1 Å². The number of hydrogen-bond donors (Lipinski definition) is 0. The Labute approximate surface area is 140 Å². The summed E-state index contributed by atoms with van der Waals surface area (Å²) < 4.78 is 28.8. The predicted molar refractivity (Wildman–Crippen MR) is 94.6 cm³/mol. The van der Waals surface area contributed by atoms with Crippen molar-refractivity contribution < 1.29 is 13.2 Å². The summed E-state index contributed by atoms with van der Waals surface area (Å²) in [4.78, 5) is 2.36. The van der Waals surface area contributed by atoms with E-state index in [0.717, 1.165) is 31.7 Å². The molecule has 5 heteroatoms. The highest BCUT2D eigenvalue weighted by Gasteiger charge is 2.31. The average Bonchev–Trinajstić information content (AvgIpc) is 2.91. The first kappa shape index (κ1) is 18.3. The topological polar surface area (TPSA) is 46.6 Å². The van der Waals surface area contributed by atoms with E-state index < -0.39 is 9.84 Å². The van der Waals surface area contributed by atoms with Crippen molar-refractivity contribution in [1.29, 1.82) is 0 Å². The number of sulfone groups is 1. The lowest BCUT2D eigenvalue weighted by molar-refractivity contribution is 0.199. The Balaban J connectivity index is 1.99. The molecule has 1 aromatic carbocycles. The van der Waals surface area contributed by atoms with Crippen LogP contribution in [0.1, 0.15) is 44.6 Å². The standard InChI is InChI=1S/C18H29NO3S/c1-3-4-5-6-12-19(17-11-13-23(20,21)15-17)14-16-7-9-18(22-2)10-8-16/h7-10,17H,3-6,11-15H2,1-2H3. The first-order valence-electron chi connectivity index (χ1n) is 8.61. The molecule has 1 aliphatic rings. The van der Waals surface area contributed by atoms with Gasteiger partial charge in [0.15, 0.2) is 9.84 Å². The lowest BCUT2D eigenvalue weighted by Crippen LogP contribution is -2.36. The van der Waals surface area contributed by atoms with Gasteiger partial charge in [-0.1, -0.05) is 38.3 Å². The monoisotopic (exact) mass is 339 g/mol. The van der Waals surface area contributed by atoms with Crippen LogP contribution in [0.15, 0.2) is 24.3 Å². The maximum Gasteiger partial charge on any atom is 0.151 e. The van der Waals surface area contributed by atoms with Crippen molar-refractivity contribution in [3.05, 3.63) is 29.8 Å². The molecule has 4 nitrogen and oxygen atoms in total. The van der Waals surface area contributed by atoms with Crippen molar-refractivity contribution in [2.24, 2.45) is 0 Å².